The van der Waals surface area contributed by atoms with E-state index in [1.807, 2.05) is 0 Å². The normalized spacial score (nSPS) is 12.5. The lowest BCUT2D eigenvalue weighted by molar-refractivity contribution is 0.0380. The highest BCUT2D eigenvalue weighted by Crippen LogP contribution is 2.08. The van der Waals surface area contributed by atoms with Crippen molar-refractivity contribution in [3.8, 4) is 0 Å². The number of nitrogens with zero attached hydrogens (tertiary/aromatic N) is 3. The molecule has 1 aromatic heterocycles. The third-order valence-corrected chi connectivity index (χ3v) is 2.43. The fraction of sp³-hybridized carbons (Fsp3) is 0.636. The summed E-state index contributed by atoms with van der Waals surface area (Å²) < 4.78 is 6.41. The molecule has 17 heavy (non-hydrogen) atoms. The van der Waals surface area contributed by atoms with E-state index in [0.717, 1.165) is 0 Å². The van der Waals surface area contributed by atoms with Crippen molar-refractivity contribution in [2.24, 2.45) is 7.05 Å². The van der Waals surface area contributed by atoms with Gasteiger partial charge in [-0.2, -0.15) is 5.10 Å². The number of aromatic nitrogens is 2. The molecule has 0 bridgehead atoms. The molecule has 1 heterocycles. The molecular weight excluding hydrogens is 222 g/mol. The second-order valence-corrected chi connectivity index (χ2v) is 4.10. The van der Waals surface area contributed by atoms with Crippen molar-refractivity contribution < 1.29 is 14.6 Å². The van der Waals surface area contributed by atoms with Crippen molar-refractivity contribution in [2.45, 2.75) is 13.0 Å². The summed E-state index contributed by atoms with van der Waals surface area (Å²) in [5, 5.41) is 13.7. The second-order valence-electron chi connectivity index (χ2n) is 4.10. The molecule has 1 N–H and O–H groups in total. The van der Waals surface area contributed by atoms with Gasteiger partial charge in [-0.25, -0.2) is 0 Å². The first kappa shape index (κ1) is 13.7. The molecule has 6 nitrogen and oxygen atoms in total. The van der Waals surface area contributed by atoms with Gasteiger partial charge in [-0.15, -0.1) is 0 Å². The first-order valence-corrected chi connectivity index (χ1v) is 5.38. The third-order valence-electron chi connectivity index (χ3n) is 2.43. The minimum absolute atomic E-state index is 0.147. The van der Waals surface area contributed by atoms with Gasteiger partial charge < -0.3 is 14.7 Å². The Morgan fingerprint density at radius 1 is 1.71 bits per heavy atom. The number of aliphatic hydroxyl groups is 1. The number of likely N-dealkylation sites (N-methyl/N-ethyl adjacent to an activating group) is 1. The zero-order valence-electron chi connectivity index (χ0n) is 10.7. The van der Waals surface area contributed by atoms with Gasteiger partial charge in [0, 0.05) is 33.9 Å². The van der Waals surface area contributed by atoms with E-state index >= 15 is 0 Å². The van der Waals surface area contributed by atoms with E-state index in [1.165, 1.54) is 12.0 Å². The van der Waals surface area contributed by atoms with Crippen LogP contribution >= 0.6 is 0 Å². The van der Waals surface area contributed by atoms with Gasteiger partial charge in [0.1, 0.15) is 0 Å². The van der Waals surface area contributed by atoms with Crippen molar-refractivity contribution in [1.82, 2.24) is 14.7 Å². The van der Waals surface area contributed by atoms with E-state index < -0.39 is 6.10 Å². The van der Waals surface area contributed by atoms with E-state index in [1.54, 1.807) is 31.9 Å². The molecule has 1 aromatic rings. The third kappa shape index (κ3) is 3.54. The molecule has 0 aliphatic carbocycles. The van der Waals surface area contributed by atoms with Crippen LogP contribution in [0, 0.1) is 6.92 Å². The molecule has 0 spiro atoms. The van der Waals surface area contributed by atoms with Crippen LogP contribution in [0.5, 0.6) is 0 Å². The molecule has 0 saturated carbocycles. The fourth-order valence-electron chi connectivity index (χ4n) is 1.66. The molecule has 1 unspecified atom stereocenters. The largest absolute Gasteiger partial charge is 0.389 e. The molecule has 1 atom stereocenters. The highest BCUT2D eigenvalue weighted by Gasteiger charge is 2.19. The summed E-state index contributed by atoms with van der Waals surface area (Å²) in [6.45, 7) is 2.23. The molecule has 0 aliphatic rings. The zero-order chi connectivity index (χ0) is 13.0. The summed E-state index contributed by atoms with van der Waals surface area (Å²) in [4.78, 5) is 13.5. The number of carbonyl (C=O) groups excluding carboxylic acids is 1. The minimum atomic E-state index is -0.675. The smallest absolute Gasteiger partial charge is 0.257 e. The van der Waals surface area contributed by atoms with Crippen molar-refractivity contribution in [2.75, 3.05) is 27.3 Å². The Morgan fingerprint density at radius 2 is 2.35 bits per heavy atom. The first-order valence-electron chi connectivity index (χ1n) is 5.38. The van der Waals surface area contributed by atoms with Crippen LogP contribution in [0.25, 0.3) is 0 Å². The SMILES string of the molecule is COCC(O)CN(C)C(=O)c1cn(C)nc1C. The molecule has 1 rings (SSSR count). The predicted molar refractivity (Wildman–Crippen MR) is 62.8 cm³/mol. The lowest BCUT2D eigenvalue weighted by atomic mass is 10.2. The van der Waals surface area contributed by atoms with Gasteiger partial charge in [-0.1, -0.05) is 0 Å². The molecule has 0 fully saturated rings. The van der Waals surface area contributed by atoms with Crippen LogP contribution in [-0.4, -0.2) is 59.1 Å². The zero-order valence-corrected chi connectivity index (χ0v) is 10.7. The Labute approximate surface area is 101 Å². The number of aryl methyl sites for hydroxylation is 2. The summed E-state index contributed by atoms with van der Waals surface area (Å²) in [6, 6.07) is 0. The van der Waals surface area contributed by atoms with Crippen LogP contribution in [0.15, 0.2) is 6.20 Å². The number of aliphatic hydroxyl groups excluding tert-OH is 1. The lowest BCUT2D eigenvalue weighted by Gasteiger charge is -2.20. The predicted octanol–water partition coefficient (Wildman–Crippen LogP) is -0.192. The van der Waals surface area contributed by atoms with Crippen LogP contribution in [0.3, 0.4) is 0 Å². The maximum atomic E-state index is 12.0. The highest BCUT2D eigenvalue weighted by molar-refractivity contribution is 5.94. The van der Waals surface area contributed by atoms with E-state index in [2.05, 4.69) is 5.10 Å². The number of hydrogen-bond acceptors (Lipinski definition) is 4. The molecule has 0 aliphatic heterocycles. The topological polar surface area (TPSA) is 67.6 Å². The average molecular weight is 241 g/mol. The van der Waals surface area contributed by atoms with Gasteiger partial charge in [0.15, 0.2) is 0 Å². The number of hydrogen-bond donors (Lipinski definition) is 1. The van der Waals surface area contributed by atoms with Crippen LogP contribution in [0.1, 0.15) is 16.1 Å². The fourth-order valence-corrected chi connectivity index (χ4v) is 1.66. The monoisotopic (exact) mass is 241 g/mol. The Kier molecular flexibility index (Phi) is 4.65. The van der Waals surface area contributed by atoms with E-state index in [9.17, 15) is 9.90 Å². The van der Waals surface area contributed by atoms with Gasteiger partial charge in [0.05, 0.1) is 24.0 Å². The molecular formula is C11H19N3O3. The van der Waals surface area contributed by atoms with Crippen molar-refractivity contribution in [3.63, 3.8) is 0 Å². The van der Waals surface area contributed by atoms with Crippen LogP contribution < -0.4 is 0 Å². The Morgan fingerprint density at radius 3 is 2.82 bits per heavy atom. The van der Waals surface area contributed by atoms with Gasteiger partial charge in [0.2, 0.25) is 0 Å². The van der Waals surface area contributed by atoms with Crippen molar-refractivity contribution in [3.05, 3.63) is 17.5 Å². The Hall–Kier alpha value is -1.40. The van der Waals surface area contributed by atoms with Gasteiger partial charge in [-0.05, 0) is 6.92 Å². The van der Waals surface area contributed by atoms with E-state index in [4.69, 9.17) is 4.74 Å². The van der Waals surface area contributed by atoms with Crippen LogP contribution in [0.2, 0.25) is 0 Å². The number of amides is 1. The number of methoxy groups -OCH3 is 1. The molecule has 0 saturated heterocycles. The first-order chi connectivity index (χ1) is 7.95. The second kappa shape index (κ2) is 5.79. The van der Waals surface area contributed by atoms with Gasteiger partial charge >= 0.3 is 0 Å². The highest BCUT2D eigenvalue weighted by atomic mass is 16.5. The van der Waals surface area contributed by atoms with Gasteiger partial charge in [0.25, 0.3) is 5.91 Å². The van der Waals surface area contributed by atoms with Crippen LogP contribution in [0.4, 0.5) is 0 Å². The summed E-state index contributed by atoms with van der Waals surface area (Å²) >= 11 is 0. The van der Waals surface area contributed by atoms with Gasteiger partial charge in [-0.3, -0.25) is 9.48 Å². The number of rotatable bonds is 5. The number of carbonyl (C=O) groups is 1. The summed E-state index contributed by atoms with van der Waals surface area (Å²) in [5.74, 6) is -0.147. The molecule has 96 valence electrons. The maximum Gasteiger partial charge on any atom is 0.257 e. The molecule has 6 heteroatoms. The van der Waals surface area contributed by atoms with Crippen LogP contribution in [-0.2, 0) is 11.8 Å². The minimum Gasteiger partial charge on any atom is -0.389 e. The quantitative estimate of drug-likeness (QED) is 0.775. The molecule has 1 amide bonds. The molecule has 0 radical (unpaired) electrons. The van der Waals surface area contributed by atoms with E-state index in [0.29, 0.717) is 11.3 Å². The van der Waals surface area contributed by atoms with Crippen molar-refractivity contribution in [1.29, 1.82) is 0 Å². The number of ether oxygens (including phenoxy) is 1. The maximum absolute atomic E-state index is 12.0. The summed E-state index contributed by atoms with van der Waals surface area (Å²) in [5.41, 5.74) is 1.24. The molecule has 0 aromatic carbocycles. The average Bonchev–Trinajstić information content (AvgIpc) is 2.56. The standard InChI is InChI=1S/C11H19N3O3/c1-8-10(6-14(3)12-8)11(16)13(2)5-9(15)7-17-4/h6,9,15H,5,7H2,1-4H3. The Bertz CT molecular complexity index is 389. The Balaban J connectivity index is 2.66. The summed E-state index contributed by atoms with van der Waals surface area (Å²) in [7, 11) is 4.92. The lowest BCUT2D eigenvalue weighted by Crippen LogP contribution is -2.36. The van der Waals surface area contributed by atoms with E-state index in [-0.39, 0.29) is 19.1 Å². The summed E-state index contributed by atoms with van der Waals surface area (Å²) in [6.07, 6.45) is 1.00. The van der Waals surface area contributed by atoms with Crippen molar-refractivity contribution >= 4 is 5.91 Å².